The predicted molar refractivity (Wildman–Crippen MR) is 79.0 cm³/mol. The molecule has 0 unspecified atom stereocenters. The van der Waals surface area contributed by atoms with Gasteiger partial charge in [-0.25, -0.2) is 4.79 Å². The lowest BCUT2D eigenvalue weighted by Gasteiger charge is -2.36. The Labute approximate surface area is 129 Å². The van der Waals surface area contributed by atoms with Gasteiger partial charge in [0.25, 0.3) is 0 Å². The summed E-state index contributed by atoms with van der Waals surface area (Å²) in [5.41, 5.74) is 0.409. The van der Waals surface area contributed by atoms with E-state index in [0.717, 1.165) is 19.3 Å². The van der Waals surface area contributed by atoms with E-state index >= 15 is 0 Å². The summed E-state index contributed by atoms with van der Waals surface area (Å²) >= 11 is 0. The van der Waals surface area contributed by atoms with Crippen LogP contribution in [-0.4, -0.2) is 24.6 Å². The van der Waals surface area contributed by atoms with Gasteiger partial charge in [-0.15, -0.1) is 0 Å². The minimum absolute atomic E-state index is 0.0667. The summed E-state index contributed by atoms with van der Waals surface area (Å²) < 4.78 is 11.1. The topological polar surface area (TPSA) is 52.6 Å². The molecule has 22 heavy (non-hydrogen) atoms. The molecule has 4 atom stereocenters. The van der Waals surface area contributed by atoms with E-state index in [1.54, 1.807) is 12.1 Å². The van der Waals surface area contributed by atoms with Crippen molar-refractivity contribution in [2.75, 3.05) is 6.61 Å². The predicted octanol–water partition coefficient (Wildman–Crippen LogP) is 2.74. The first-order chi connectivity index (χ1) is 10.7. The zero-order valence-electron chi connectivity index (χ0n) is 12.2. The van der Waals surface area contributed by atoms with Crippen LogP contribution in [0.1, 0.15) is 29.6 Å². The third-order valence-electron chi connectivity index (χ3n) is 5.40. The second kappa shape index (κ2) is 4.97. The molecule has 4 nitrogen and oxygen atoms in total. The Balaban J connectivity index is 1.56. The molecular formula is C18H18O4. The van der Waals surface area contributed by atoms with Crippen LogP contribution in [0.25, 0.3) is 0 Å². The van der Waals surface area contributed by atoms with E-state index in [-0.39, 0.29) is 35.3 Å². The minimum atomic E-state index is -0.289. The third kappa shape index (κ3) is 1.90. The fourth-order valence-electron chi connectivity index (χ4n) is 4.26. The Morgan fingerprint density at radius 2 is 2.09 bits per heavy atom. The highest BCUT2D eigenvalue weighted by Crippen LogP contribution is 2.57. The number of hydrogen-bond donors (Lipinski definition) is 0. The normalized spacial score (nSPS) is 35.6. The Bertz CT molecular complexity index is 636. The Morgan fingerprint density at radius 1 is 1.27 bits per heavy atom. The second-order valence-electron chi connectivity index (χ2n) is 6.43. The van der Waals surface area contributed by atoms with Gasteiger partial charge in [0.2, 0.25) is 0 Å². The van der Waals surface area contributed by atoms with Gasteiger partial charge < -0.3 is 9.47 Å². The van der Waals surface area contributed by atoms with Gasteiger partial charge in [-0.3, -0.25) is 4.79 Å². The molecule has 0 radical (unpaired) electrons. The first kappa shape index (κ1) is 13.6. The fraction of sp³-hybridized carbons (Fsp3) is 0.444. The lowest BCUT2D eigenvalue weighted by molar-refractivity contribution is -0.141. The van der Waals surface area contributed by atoms with E-state index < -0.39 is 0 Å². The molecule has 2 fully saturated rings. The molecule has 1 aliphatic heterocycles. The number of esters is 2. The van der Waals surface area contributed by atoms with Gasteiger partial charge >= 0.3 is 11.9 Å². The summed E-state index contributed by atoms with van der Waals surface area (Å²) in [7, 11) is 0. The number of allylic oxidation sites excluding steroid dienone is 1. The van der Waals surface area contributed by atoms with Gasteiger partial charge in [0, 0.05) is 11.3 Å². The van der Waals surface area contributed by atoms with E-state index in [2.05, 4.69) is 6.08 Å². The van der Waals surface area contributed by atoms with Gasteiger partial charge in [-0.2, -0.15) is 0 Å². The number of cyclic esters (lactones) is 1. The van der Waals surface area contributed by atoms with E-state index in [1.807, 2.05) is 24.3 Å². The average molecular weight is 298 g/mol. The molecule has 2 aliphatic carbocycles. The molecule has 1 saturated heterocycles. The molecule has 0 aromatic heterocycles. The minimum Gasteiger partial charge on any atom is -0.465 e. The highest BCUT2D eigenvalue weighted by Gasteiger charge is 2.60. The van der Waals surface area contributed by atoms with Crippen molar-refractivity contribution in [3.05, 3.63) is 48.0 Å². The SMILES string of the molecule is O=C(O[C@H]1CC[C@@]23COC(=O)[C@@H]2CC=C[C@H]13)c1ccccc1. The van der Waals surface area contributed by atoms with Crippen molar-refractivity contribution in [1.29, 1.82) is 0 Å². The average Bonchev–Trinajstić information content (AvgIpc) is 3.08. The van der Waals surface area contributed by atoms with Crippen LogP contribution >= 0.6 is 0 Å². The number of ether oxygens (including phenoxy) is 2. The fourth-order valence-corrected chi connectivity index (χ4v) is 4.26. The number of rotatable bonds is 2. The molecule has 1 aromatic rings. The zero-order chi connectivity index (χ0) is 15.2. The maximum atomic E-state index is 12.3. The molecule has 4 rings (SSSR count). The van der Waals surface area contributed by atoms with Crippen molar-refractivity contribution in [2.24, 2.45) is 17.3 Å². The van der Waals surface area contributed by atoms with Crippen LogP contribution in [0.3, 0.4) is 0 Å². The monoisotopic (exact) mass is 298 g/mol. The van der Waals surface area contributed by atoms with Crippen LogP contribution < -0.4 is 0 Å². The van der Waals surface area contributed by atoms with Crippen LogP contribution in [0.2, 0.25) is 0 Å². The lowest BCUT2D eigenvalue weighted by atomic mass is 9.66. The molecule has 1 aromatic carbocycles. The van der Waals surface area contributed by atoms with Gasteiger partial charge in [0.1, 0.15) is 6.10 Å². The lowest BCUT2D eigenvalue weighted by Crippen LogP contribution is -2.39. The third-order valence-corrected chi connectivity index (χ3v) is 5.40. The van der Waals surface area contributed by atoms with Gasteiger partial charge in [-0.05, 0) is 31.4 Å². The van der Waals surface area contributed by atoms with E-state index in [1.165, 1.54) is 0 Å². The second-order valence-corrected chi connectivity index (χ2v) is 6.43. The summed E-state index contributed by atoms with van der Waals surface area (Å²) in [4.78, 5) is 24.2. The molecule has 114 valence electrons. The Hall–Kier alpha value is -2.10. The molecular weight excluding hydrogens is 280 g/mol. The van der Waals surface area contributed by atoms with Gasteiger partial charge in [0.05, 0.1) is 18.1 Å². The largest absolute Gasteiger partial charge is 0.465 e. The summed E-state index contributed by atoms with van der Waals surface area (Å²) in [5.74, 6) is -0.360. The summed E-state index contributed by atoms with van der Waals surface area (Å²) in [6.45, 7) is 0.463. The quantitative estimate of drug-likeness (QED) is 0.622. The summed E-state index contributed by atoms with van der Waals surface area (Å²) in [6, 6.07) is 9.04. The van der Waals surface area contributed by atoms with Crippen molar-refractivity contribution in [3.8, 4) is 0 Å². The van der Waals surface area contributed by atoms with Gasteiger partial charge in [-0.1, -0.05) is 30.4 Å². The number of carbonyl (C=O) groups excluding carboxylic acids is 2. The van der Waals surface area contributed by atoms with E-state index in [9.17, 15) is 9.59 Å². The van der Waals surface area contributed by atoms with Crippen molar-refractivity contribution >= 4 is 11.9 Å². The number of hydrogen-bond acceptors (Lipinski definition) is 4. The summed E-state index contributed by atoms with van der Waals surface area (Å²) in [6.07, 6.45) is 6.41. The molecule has 0 bridgehead atoms. The Kier molecular flexibility index (Phi) is 3.06. The van der Waals surface area contributed by atoms with Crippen molar-refractivity contribution < 1.29 is 19.1 Å². The van der Waals surface area contributed by atoms with Crippen molar-refractivity contribution in [3.63, 3.8) is 0 Å². The molecule has 1 saturated carbocycles. The highest BCUT2D eigenvalue weighted by molar-refractivity contribution is 5.89. The zero-order valence-corrected chi connectivity index (χ0v) is 12.2. The smallest absolute Gasteiger partial charge is 0.338 e. The van der Waals surface area contributed by atoms with Gasteiger partial charge in [0.15, 0.2) is 0 Å². The molecule has 0 amide bonds. The van der Waals surface area contributed by atoms with Crippen LogP contribution in [0.4, 0.5) is 0 Å². The van der Waals surface area contributed by atoms with Crippen molar-refractivity contribution in [1.82, 2.24) is 0 Å². The molecule has 1 spiro atoms. The van der Waals surface area contributed by atoms with Crippen molar-refractivity contribution in [2.45, 2.75) is 25.4 Å². The molecule has 3 aliphatic rings. The number of benzene rings is 1. The standard InChI is InChI=1S/C18H18O4/c19-16(12-5-2-1-3-6-12)22-15-9-10-18-11-21-17(20)14(18)8-4-7-13(15)18/h1-7,13-15H,8-11H2/t13-,14+,15+,18+/m1/s1. The van der Waals surface area contributed by atoms with Crippen LogP contribution in [0, 0.1) is 17.3 Å². The Morgan fingerprint density at radius 3 is 2.91 bits per heavy atom. The molecule has 1 heterocycles. The summed E-state index contributed by atoms with van der Waals surface area (Å²) in [5, 5.41) is 0. The van der Waals surface area contributed by atoms with Crippen LogP contribution in [0.15, 0.2) is 42.5 Å². The van der Waals surface area contributed by atoms with E-state index in [0.29, 0.717) is 12.2 Å². The molecule has 4 heteroatoms. The van der Waals surface area contributed by atoms with Crippen LogP contribution in [0.5, 0.6) is 0 Å². The van der Waals surface area contributed by atoms with E-state index in [4.69, 9.17) is 9.47 Å². The first-order valence-electron chi connectivity index (χ1n) is 7.80. The first-order valence-corrected chi connectivity index (χ1v) is 7.80. The highest BCUT2D eigenvalue weighted by atomic mass is 16.6. The van der Waals surface area contributed by atoms with Crippen LogP contribution in [-0.2, 0) is 14.3 Å². The number of carbonyl (C=O) groups is 2. The molecule has 0 N–H and O–H groups in total. The maximum absolute atomic E-state index is 12.3. The maximum Gasteiger partial charge on any atom is 0.338 e.